The van der Waals surface area contributed by atoms with Crippen molar-refractivity contribution in [1.82, 2.24) is 5.48 Å². The minimum absolute atomic E-state index is 0.0476. The second-order valence-corrected chi connectivity index (χ2v) is 9.05. The van der Waals surface area contributed by atoms with Gasteiger partial charge < -0.3 is 10.5 Å². The van der Waals surface area contributed by atoms with Crippen molar-refractivity contribution >= 4 is 37.8 Å². The van der Waals surface area contributed by atoms with E-state index >= 15 is 0 Å². The fourth-order valence-corrected chi connectivity index (χ4v) is 3.58. The van der Waals surface area contributed by atoms with Gasteiger partial charge in [-0.2, -0.15) is 8.42 Å². The zero-order chi connectivity index (χ0) is 19.5. The molecule has 0 spiro atoms. The van der Waals surface area contributed by atoms with E-state index in [0.717, 1.165) is 6.26 Å². The Morgan fingerprint density at radius 2 is 2.04 bits per heavy atom. The second kappa shape index (κ2) is 7.43. The Labute approximate surface area is 150 Å². The molecule has 0 atom stereocenters. The number of nitrogens with two attached hydrogens (primary N) is 1. The van der Waals surface area contributed by atoms with E-state index < -0.39 is 37.5 Å². The lowest BCUT2D eigenvalue weighted by Gasteiger charge is -2.07. The van der Waals surface area contributed by atoms with Gasteiger partial charge in [-0.1, -0.05) is 0 Å². The predicted octanol–water partition coefficient (Wildman–Crippen LogP) is -0.430. The van der Waals surface area contributed by atoms with Crippen LogP contribution in [-0.2, 0) is 29.0 Å². The molecule has 1 heterocycles. The molecule has 2 rings (SSSR count). The molecule has 0 saturated carbocycles. The van der Waals surface area contributed by atoms with Crippen LogP contribution in [-0.4, -0.2) is 47.2 Å². The van der Waals surface area contributed by atoms with Gasteiger partial charge >= 0.3 is 0 Å². The molecule has 0 aliphatic carbocycles. The Morgan fingerprint density at radius 1 is 1.35 bits per heavy atom. The number of guanidine groups is 1. The summed E-state index contributed by atoms with van der Waals surface area (Å²) in [6.45, 7) is 0.120. The van der Waals surface area contributed by atoms with E-state index in [2.05, 4.69) is 4.28 Å². The number of fused-ring (bicyclic) bond motifs is 1. The molecule has 0 fully saturated rings. The molecule has 142 valence electrons. The SMILES string of the molecule is CS(=O)(=O)c1ccc2c(c1)C=C(C(=O)CS(=O)(=O)ONC(=N)N)CCO2. The molecule has 0 unspecified atom stereocenters. The first-order valence-corrected chi connectivity index (χ1v) is 10.7. The van der Waals surface area contributed by atoms with Crippen molar-refractivity contribution < 1.29 is 30.7 Å². The number of nitrogens with one attached hydrogen (secondary N) is 2. The molecule has 0 bridgehead atoms. The Morgan fingerprint density at radius 3 is 2.65 bits per heavy atom. The average Bonchev–Trinajstić information content (AvgIpc) is 2.73. The molecule has 1 aromatic rings. The van der Waals surface area contributed by atoms with Gasteiger partial charge in [0, 0.05) is 23.8 Å². The summed E-state index contributed by atoms with van der Waals surface area (Å²) in [6.07, 6.45) is 2.58. The molecular formula is C14H17N3O7S2. The van der Waals surface area contributed by atoms with Crippen LogP contribution in [0.5, 0.6) is 5.75 Å². The van der Waals surface area contributed by atoms with Gasteiger partial charge in [-0.25, -0.2) is 13.9 Å². The van der Waals surface area contributed by atoms with Crippen molar-refractivity contribution in [1.29, 1.82) is 5.41 Å². The number of benzene rings is 1. The maximum absolute atomic E-state index is 12.3. The van der Waals surface area contributed by atoms with Crippen LogP contribution in [0.4, 0.5) is 0 Å². The van der Waals surface area contributed by atoms with Crippen LogP contribution in [0, 0.1) is 5.41 Å². The molecule has 26 heavy (non-hydrogen) atoms. The van der Waals surface area contributed by atoms with E-state index in [-0.39, 0.29) is 23.5 Å². The fourth-order valence-electron chi connectivity index (χ4n) is 2.14. The van der Waals surface area contributed by atoms with E-state index in [1.165, 1.54) is 24.3 Å². The zero-order valence-electron chi connectivity index (χ0n) is 13.7. The van der Waals surface area contributed by atoms with Crippen LogP contribution >= 0.6 is 0 Å². The van der Waals surface area contributed by atoms with Crippen molar-refractivity contribution in [2.24, 2.45) is 5.73 Å². The molecule has 0 radical (unpaired) electrons. The summed E-state index contributed by atoms with van der Waals surface area (Å²) in [6, 6.07) is 4.22. The number of rotatable bonds is 6. The first-order valence-electron chi connectivity index (χ1n) is 7.20. The number of ether oxygens (including phenoxy) is 1. The first kappa shape index (κ1) is 19.9. The van der Waals surface area contributed by atoms with Crippen molar-refractivity contribution in [3.05, 3.63) is 29.3 Å². The lowest BCUT2D eigenvalue weighted by molar-refractivity contribution is -0.113. The molecule has 1 aromatic carbocycles. The van der Waals surface area contributed by atoms with E-state index in [1.807, 2.05) is 0 Å². The summed E-state index contributed by atoms with van der Waals surface area (Å²) in [7, 11) is -7.76. The number of Topliss-reactive ketones (excluding diaryl/α,β-unsaturated/α-hetero) is 1. The highest BCUT2D eigenvalue weighted by molar-refractivity contribution is 7.90. The van der Waals surface area contributed by atoms with Crippen molar-refractivity contribution in [2.45, 2.75) is 11.3 Å². The topological polar surface area (TPSA) is 166 Å². The standard InChI is InChI=1S/C14H17N3O7S2/c1-25(19,20)11-2-3-13-10(7-11)6-9(4-5-23-13)12(18)8-26(21,22)24-17-14(15)16/h2-3,6-7H,4-5,8H2,1H3,(H4,15,16,17). The highest BCUT2D eigenvalue weighted by atomic mass is 32.2. The van der Waals surface area contributed by atoms with Crippen LogP contribution < -0.4 is 16.0 Å². The first-order chi connectivity index (χ1) is 12.0. The molecule has 1 aliphatic heterocycles. The minimum Gasteiger partial charge on any atom is -0.493 e. The van der Waals surface area contributed by atoms with Crippen LogP contribution in [0.2, 0.25) is 0 Å². The Balaban J connectivity index is 2.28. The third-order valence-corrected chi connectivity index (χ3v) is 5.38. The minimum atomic E-state index is -4.30. The summed E-state index contributed by atoms with van der Waals surface area (Å²) in [4.78, 5) is 12.3. The molecule has 12 heteroatoms. The molecule has 0 amide bonds. The smallest absolute Gasteiger partial charge is 0.295 e. The van der Waals surface area contributed by atoms with Gasteiger partial charge in [-0.3, -0.25) is 10.2 Å². The maximum Gasteiger partial charge on any atom is 0.295 e. The van der Waals surface area contributed by atoms with Crippen LogP contribution in [0.25, 0.3) is 6.08 Å². The number of ketones is 1. The summed E-state index contributed by atoms with van der Waals surface area (Å²) in [5, 5.41) is 6.85. The van der Waals surface area contributed by atoms with Crippen LogP contribution in [0.15, 0.2) is 28.7 Å². The number of hydrogen-bond donors (Lipinski definition) is 3. The normalized spacial score (nSPS) is 14.4. The number of hydrogen-bond acceptors (Lipinski definition) is 8. The number of hydroxylamine groups is 1. The second-order valence-electron chi connectivity index (χ2n) is 5.46. The predicted molar refractivity (Wildman–Crippen MR) is 92.6 cm³/mol. The van der Waals surface area contributed by atoms with E-state index in [4.69, 9.17) is 15.9 Å². The number of carbonyl (C=O) groups is 1. The molecule has 4 N–H and O–H groups in total. The zero-order valence-corrected chi connectivity index (χ0v) is 15.3. The van der Waals surface area contributed by atoms with Gasteiger partial charge in [0.2, 0.25) is 5.96 Å². The summed E-state index contributed by atoms with van der Waals surface area (Å²) < 4.78 is 56.5. The Bertz CT molecular complexity index is 982. The molecule has 0 aromatic heterocycles. The Hall–Kier alpha value is -2.44. The monoisotopic (exact) mass is 403 g/mol. The van der Waals surface area contributed by atoms with Crippen LogP contribution in [0.3, 0.4) is 0 Å². The summed E-state index contributed by atoms with van der Waals surface area (Å²) in [5.41, 5.74) is 7.07. The lowest BCUT2D eigenvalue weighted by Crippen LogP contribution is -2.34. The summed E-state index contributed by atoms with van der Waals surface area (Å²) >= 11 is 0. The molecule has 10 nitrogen and oxygen atoms in total. The van der Waals surface area contributed by atoms with Gasteiger partial charge in [-0.05, 0) is 24.3 Å². The molecular weight excluding hydrogens is 386 g/mol. The van der Waals surface area contributed by atoms with E-state index in [0.29, 0.717) is 11.3 Å². The van der Waals surface area contributed by atoms with Gasteiger partial charge in [-0.15, -0.1) is 4.28 Å². The van der Waals surface area contributed by atoms with Gasteiger partial charge in [0.25, 0.3) is 10.1 Å². The van der Waals surface area contributed by atoms with E-state index in [1.54, 1.807) is 5.48 Å². The highest BCUT2D eigenvalue weighted by Gasteiger charge is 2.23. The highest BCUT2D eigenvalue weighted by Crippen LogP contribution is 2.28. The third kappa shape index (κ3) is 5.28. The Kier molecular flexibility index (Phi) is 5.68. The summed E-state index contributed by atoms with van der Waals surface area (Å²) in [5.74, 6) is -2.06. The lowest BCUT2D eigenvalue weighted by atomic mass is 10.1. The third-order valence-electron chi connectivity index (χ3n) is 3.31. The van der Waals surface area contributed by atoms with Crippen molar-refractivity contribution in [3.8, 4) is 5.75 Å². The van der Waals surface area contributed by atoms with Gasteiger partial charge in [0.15, 0.2) is 15.6 Å². The average molecular weight is 403 g/mol. The van der Waals surface area contributed by atoms with Gasteiger partial charge in [0.05, 0.1) is 11.5 Å². The van der Waals surface area contributed by atoms with Crippen molar-refractivity contribution in [2.75, 3.05) is 18.6 Å². The molecule has 1 aliphatic rings. The number of sulfone groups is 1. The largest absolute Gasteiger partial charge is 0.493 e. The quantitative estimate of drug-likeness (QED) is 0.324. The maximum atomic E-state index is 12.3. The van der Waals surface area contributed by atoms with Crippen molar-refractivity contribution in [3.63, 3.8) is 0 Å². The number of carbonyl (C=O) groups excluding carboxylic acids is 1. The molecule has 0 saturated heterocycles. The fraction of sp³-hybridized carbons (Fsp3) is 0.286. The van der Waals surface area contributed by atoms with Gasteiger partial charge in [0.1, 0.15) is 11.5 Å². The van der Waals surface area contributed by atoms with E-state index in [9.17, 15) is 21.6 Å². The van der Waals surface area contributed by atoms with Crippen LogP contribution in [0.1, 0.15) is 12.0 Å².